The predicted octanol–water partition coefficient (Wildman–Crippen LogP) is 4.70. The molecular weight excluding hydrogens is 249 g/mol. The van der Waals surface area contributed by atoms with Crippen molar-refractivity contribution in [2.45, 2.75) is 45.1 Å². The van der Waals surface area contributed by atoms with Crippen molar-refractivity contribution in [1.29, 1.82) is 0 Å². The molecule has 3 unspecified atom stereocenters. The topological polar surface area (TPSA) is 26.0 Å². The molecule has 1 aromatic rings. The van der Waals surface area contributed by atoms with Crippen LogP contribution in [0.2, 0.25) is 5.02 Å². The van der Waals surface area contributed by atoms with Crippen LogP contribution in [0.5, 0.6) is 0 Å². The monoisotopic (exact) mass is 269 g/mol. The summed E-state index contributed by atoms with van der Waals surface area (Å²) in [5, 5.41) is 0.586. The summed E-state index contributed by atoms with van der Waals surface area (Å²) >= 11 is 6.13. The number of nitrogens with two attached hydrogens (primary N) is 1. The quantitative estimate of drug-likeness (QED) is 0.846. The summed E-state index contributed by atoms with van der Waals surface area (Å²) in [5.74, 6) is 0.942. The van der Waals surface area contributed by atoms with Crippen molar-refractivity contribution in [1.82, 2.24) is 0 Å². The Morgan fingerprint density at radius 3 is 2.94 bits per heavy atom. The van der Waals surface area contributed by atoms with E-state index in [2.05, 4.69) is 6.92 Å². The van der Waals surface area contributed by atoms with Crippen LogP contribution in [0.3, 0.4) is 0 Å². The van der Waals surface area contributed by atoms with Crippen molar-refractivity contribution in [3.8, 4) is 0 Å². The molecule has 1 nitrogen and oxygen atoms in total. The first-order valence-corrected chi connectivity index (χ1v) is 7.20. The Kier molecular flexibility index (Phi) is 4.63. The largest absolute Gasteiger partial charge is 0.324 e. The molecule has 2 rings (SSSR count). The molecule has 100 valence electrons. The molecule has 0 aromatic heterocycles. The lowest BCUT2D eigenvalue weighted by Crippen LogP contribution is -2.27. The van der Waals surface area contributed by atoms with E-state index in [4.69, 9.17) is 17.3 Å². The van der Waals surface area contributed by atoms with Gasteiger partial charge >= 0.3 is 0 Å². The second-order valence-corrected chi connectivity index (χ2v) is 5.80. The number of hydrogen-bond acceptors (Lipinski definition) is 1. The van der Waals surface area contributed by atoms with Gasteiger partial charge in [0, 0.05) is 11.1 Å². The van der Waals surface area contributed by atoms with Crippen LogP contribution in [0.15, 0.2) is 18.2 Å². The molecule has 1 saturated carbocycles. The fourth-order valence-electron chi connectivity index (χ4n) is 3.05. The Bertz CT molecular complexity index is 407. The highest BCUT2D eigenvalue weighted by atomic mass is 35.5. The average Bonchev–Trinajstić information content (AvgIpc) is 2.41. The van der Waals surface area contributed by atoms with E-state index in [9.17, 15) is 4.39 Å². The second-order valence-electron chi connectivity index (χ2n) is 5.39. The molecule has 0 amide bonds. The van der Waals surface area contributed by atoms with E-state index in [1.54, 1.807) is 6.07 Å². The van der Waals surface area contributed by atoms with E-state index < -0.39 is 0 Å². The number of benzene rings is 1. The number of rotatable bonds is 3. The third-order valence-corrected chi connectivity index (χ3v) is 4.57. The van der Waals surface area contributed by atoms with Crippen LogP contribution in [0, 0.1) is 17.7 Å². The first kappa shape index (κ1) is 13.8. The van der Waals surface area contributed by atoms with Gasteiger partial charge in [-0.3, -0.25) is 0 Å². The van der Waals surface area contributed by atoms with Crippen LogP contribution in [-0.2, 0) is 0 Å². The van der Waals surface area contributed by atoms with Gasteiger partial charge in [-0.2, -0.15) is 0 Å². The van der Waals surface area contributed by atoms with E-state index in [0.717, 1.165) is 24.3 Å². The molecule has 3 heteroatoms. The second kappa shape index (κ2) is 6.03. The van der Waals surface area contributed by atoms with Crippen molar-refractivity contribution in [3.63, 3.8) is 0 Å². The van der Waals surface area contributed by atoms with Crippen molar-refractivity contribution < 1.29 is 4.39 Å². The number of halogens is 2. The fourth-order valence-corrected chi connectivity index (χ4v) is 3.30. The minimum Gasteiger partial charge on any atom is -0.324 e. The van der Waals surface area contributed by atoms with Crippen LogP contribution in [-0.4, -0.2) is 0 Å². The summed E-state index contributed by atoms with van der Waals surface area (Å²) < 4.78 is 13.3. The molecule has 0 heterocycles. The highest BCUT2D eigenvalue weighted by molar-refractivity contribution is 6.31. The minimum atomic E-state index is -0.257. The van der Waals surface area contributed by atoms with E-state index in [1.807, 2.05) is 0 Å². The van der Waals surface area contributed by atoms with Gasteiger partial charge in [0.2, 0.25) is 0 Å². The van der Waals surface area contributed by atoms with Crippen molar-refractivity contribution in [3.05, 3.63) is 34.6 Å². The molecule has 0 radical (unpaired) electrons. The molecule has 1 aliphatic carbocycles. The molecule has 2 N–H and O–H groups in total. The molecule has 0 spiro atoms. The molecule has 1 aromatic carbocycles. The van der Waals surface area contributed by atoms with Gasteiger partial charge in [-0.05, 0) is 48.4 Å². The first-order valence-electron chi connectivity index (χ1n) is 6.82. The molecule has 0 aliphatic heterocycles. The Morgan fingerprint density at radius 1 is 1.44 bits per heavy atom. The summed E-state index contributed by atoms with van der Waals surface area (Å²) in [6.07, 6.45) is 6.01. The summed E-state index contributed by atoms with van der Waals surface area (Å²) in [6, 6.07) is 4.34. The van der Waals surface area contributed by atoms with E-state index >= 15 is 0 Å². The first-order chi connectivity index (χ1) is 8.61. The van der Waals surface area contributed by atoms with Gasteiger partial charge in [-0.1, -0.05) is 37.8 Å². The van der Waals surface area contributed by atoms with Crippen LogP contribution < -0.4 is 5.73 Å². The maximum Gasteiger partial charge on any atom is 0.123 e. The molecule has 3 atom stereocenters. The summed E-state index contributed by atoms with van der Waals surface area (Å²) in [4.78, 5) is 0. The normalized spacial score (nSPS) is 26.0. The van der Waals surface area contributed by atoms with Gasteiger partial charge in [0.05, 0.1) is 0 Å². The lowest BCUT2D eigenvalue weighted by molar-refractivity contribution is 0.230. The lowest BCUT2D eigenvalue weighted by atomic mass is 9.75. The highest BCUT2D eigenvalue weighted by Gasteiger charge is 2.27. The highest BCUT2D eigenvalue weighted by Crippen LogP contribution is 2.39. The van der Waals surface area contributed by atoms with Gasteiger partial charge in [0.15, 0.2) is 0 Å². The predicted molar refractivity (Wildman–Crippen MR) is 74.1 cm³/mol. The maximum absolute atomic E-state index is 13.3. The zero-order chi connectivity index (χ0) is 13.1. The number of hydrogen-bond donors (Lipinski definition) is 1. The SMILES string of the molecule is CCC1CCCC(C(N)c2cc(F)ccc2Cl)C1. The van der Waals surface area contributed by atoms with Crippen molar-refractivity contribution in [2.24, 2.45) is 17.6 Å². The zero-order valence-electron chi connectivity index (χ0n) is 10.8. The molecule has 18 heavy (non-hydrogen) atoms. The Balaban J connectivity index is 2.14. The summed E-state index contributed by atoms with van der Waals surface area (Å²) in [7, 11) is 0. The van der Waals surface area contributed by atoms with Crippen LogP contribution in [0.1, 0.15) is 50.6 Å². The Morgan fingerprint density at radius 2 is 2.22 bits per heavy atom. The standard InChI is InChI=1S/C15H21ClFN/c1-2-10-4-3-5-11(8-10)15(18)13-9-12(17)6-7-14(13)16/h6-7,9-11,15H,2-5,8,18H2,1H3. The maximum atomic E-state index is 13.3. The molecule has 0 saturated heterocycles. The summed E-state index contributed by atoms with van der Waals surface area (Å²) in [6.45, 7) is 2.23. The Labute approximate surface area is 114 Å². The smallest absolute Gasteiger partial charge is 0.123 e. The molecular formula is C15H21ClFN. The minimum absolute atomic E-state index is 0.137. The van der Waals surface area contributed by atoms with Gasteiger partial charge in [-0.25, -0.2) is 4.39 Å². The van der Waals surface area contributed by atoms with Gasteiger partial charge in [0.1, 0.15) is 5.82 Å². The zero-order valence-corrected chi connectivity index (χ0v) is 11.6. The third kappa shape index (κ3) is 3.04. The van der Waals surface area contributed by atoms with E-state index in [-0.39, 0.29) is 11.9 Å². The molecule has 1 aliphatic rings. The molecule has 0 bridgehead atoms. The van der Waals surface area contributed by atoms with E-state index in [0.29, 0.717) is 10.9 Å². The summed E-state index contributed by atoms with van der Waals surface area (Å²) in [5.41, 5.74) is 7.07. The van der Waals surface area contributed by atoms with Gasteiger partial charge in [0.25, 0.3) is 0 Å². The lowest BCUT2D eigenvalue weighted by Gasteiger charge is -2.33. The van der Waals surface area contributed by atoms with Crippen LogP contribution in [0.25, 0.3) is 0 Å². The van der Waals surface area contributed by atoms with Crippen molar-refractivity contribution >= 4 is 11.6 Å². The van der Waals surface area contributed by atoms with Crippen molar-refractivity contribution in [2.75, 3.05) is 0 Å². The van der Waals surface area contributed by atoms with Gasteiger partial charge in [-0.15, -0.1) is 0 Å². The molecule has 1 fully saturated rings. The fraction of sp³-hybridized carbons (Fsp3) is 0.600. The van der Waals surface area contributed by atoms with Gasteiger partial charge < -0.3 is 5.73 Å². The average molecular weight is 270 g/mol. The third-order valence-electron chi connectivity index (χ3n) is 4.23. The Hall–Kier alpha value is -0.600. The van der Waals surface area contributed by atoms with Crippen LogP contribution in [0.4, 0.5) is 4.39 Å². The van der Waals surface area contributed by atoms with Crippen LogP contribution >= 0.6 is 11.6 Å². The van der Waals surface area contributed by atoms with E-state index in [1.165, 1.54) is 31.4 Å².